The third-order valence-corrected chi connectivity index (χ3v) is 7.03. The molecule has 180 valence electrons. The summed E-state index contributed by atoms with van der Waals surface area (Å²) in [7, 11) is 1.63. The van der Waals surface area contributed by atoms with E-state index in [1.54, 1.807) is 13.4 Å². The normalized spacial score (nSPS) is 12.3. The molecule has 2 aromatic rings. The Balaban J connectivity index is 1.79. The molecular formula is C26H42N2O3S. The average Bonchev–Trinajstić information content (AvgIpc) is 3.45. The lowest BCUT2D eigenvalue weighted by molar-refractivity contribution is -0.121. The van der Waals surface area contributed by atoms with Crippen LogP contribution in [0.2, 0.25) is 0 Å². The van der Waals surface area contributed by atoms with E-state index < -0.39 is 0 Å². The summed E-state index contributed by atoms with van der Waals surface area (Å²) in [4.78, 5) is 18.4. The number of Topliss-reactive ketones (excluding diaryl/α,β-unsaturated/α-hetero) is 1. The second-order valence-electron chi connectivity index (χ2n) is 8.68. The van der Waals surface area contributed by atoms with Crippen molar-refractivity contribution < 1.29 is 13.9 Å². The van der Waals surface area contributed by atoms with Crippen LogP contribution in [0.25, 0.3) is 11.5 Å². The number of carbonyl (C=O) groups is 1. The van der Waals surface area contributed by atoms with Crippen LogP contribution in [0.15, 0.2) is 22.8 Å². The number of methoxy groups -OCH3 is 1. The number of nitrogens with two attached hydrogens (primary N) is 1. The van der Waals surface area contributed by atoms with Crippen molar-refractivity contribution in [1.29, 1.82) is 0 Å². The van der Waals surface area contributed by atoms with Crippen LogP contribution in [0.5, 0.6) is 0 Å². The van der Waals surface area contributed by atoms with E-state index in [1.807, 2.05) is 12.1 Å². The lowest BCUT2D eigenvalue weighted by atomic mass is 9.91. The molecule has 0 aliphatic heterocycles. The fourth-order valence-electron chi connectivity index (χ4n) is 4.18. The lowest BCUT2D eigenvalue weighted by Crippen LogP contribution is -2.14. The van der Waals surface area contributed by atoms with E-state index in [4.69, 9.17) is 14.9 Å². The number of nitrogens with zero attached hydrogens (tertiary/aromatic N) is 1. The van der Waals surface area contributed by atoms with Gasteiger partial charge in [0.25, 0.3) is 0 Å². The van der Waals surface area contributed by atoms with Crippen LogP contribution < -0.4 is 5.73 Å². The summed E-state index contributed by atoms with van der Waals surface area (Å²) >= 11 is 1.41. The number of nitrogen functional groups attached to an aromatic ring is 1. The first-order valence-electron chi connectivity index (χ1n) is 12.5. The molecule has 2 aromatic heterocycles. The summed E-state index contributed by atoms with van der Waals surface area (Å²) in [5.41, 5.74) is 6.74. The Kier molecular flexibility index (Phi) is 13.3. The van der Waals surface area contributed by atoms with Crippen LogP contribution in [0.3, 0.4) is 0 Å². The van der Waals surface area contributed by atoms with E-state index in [0.717, 1.165) is 24.1 Å². The van der Waals surface area contributed by atoms with Crippen molar-refractivity contribution in [2.75, 3.05) is 19.5 Å². The molecule has 1 atom stereocenters. The van der Waals surface area contributed by atoms with E-state index in [2.05, 4.69) is 11.9 Å². The van der Waals surface area contributed by atoms with Gasteiger partial charge in [0.05, 0.1) is 18.8 Å². The molecule has 0 aromatic carbocycles. The maximum Gasteiger partial charge on any atom is 0.180 e. The average molecular weight is 463 g/mol. The molecule has 0 aliphatic carbocycles. The van der Waals surface area contributed by atoms with Crippen LogP contribution in [0.4, 0.5) is 5.13 Å². The van der Waals surface area contributed by atoms with Crippen LogP contribution in [0, 0.1) is 0 Å². The van der Waals surface area contributed by atoms with Gasteiger partial charge in [0.2, 0.25) is 0 Å². The van der Waals surface area contributed by atoms with Crippen molar-refractivity contribution in [3.63, 3.8) is 0 Å². The highest BCUT2D eigenvalue weighted by molar-refractivity contribution is 7.16. The summed E-state index contributed by atoms with van der Waals surface area (Å²) < 4.78 is 10.7. The zero-order valence-electron chi connectivity index (χ0n) is 20.1. The fourth-order valence-corrected chi connectivity index (χ4v) is 5.18. The molecule has 32 heavy (non-hydrogen) atoms. The number of ether oxygens (including phenoxy) is 1. The molecule has 0 saturated heterocycles. The second kappa shape index (κ2) is 16.0. The molecule has 6 heteroatoms. The molecule has 0 aliphatic rings. The largest absolute Gasteiger partial charge is 0.463 e. The van der Waals surface area contributed by atoms with Gasteiger partial charge in [0, 0.05) is 18.4 Å². The topological polar surface area (TPSA) is 78.4 Å². The standard InChI is InChI=1S/C26H42N2O3S/c1-3-4-5-6-7-8-9-10-11-12-13-14-16-21(22(29)18-20-30-2)25-24(28-26(27)32-25)23-17-15-19-31-23/h15,17,19,21H,3-14,16,18,20H2,1-2H3,(H2,27,28). The van der Waals surface area contributed by atoms with Crippen molar-refractivity contribution in [2.24, 2.45) is 0 Å². The Morgan fingerprint density at radius 1 is 1.06 bits per heavy atom. The number of hydrogen-bond donors (Lipinski definition) is 1. The van der Waals surface area contributed by atoms with Crippen molar-refractivity contribution in [2.45, 2.75) is 103 Å². The predicted molar refractivity (Wildman–Crippen MR) is 134 cm³/mol. The molecule has 1 unspecified atom stereocenters. The number of hydrogen-bond acceptors (Lipinski definition) is 6. The monoisotopic (exact) mass is 462 g/mol. The van der Waals surface area contributed by atoms with Gasteiger partial charge in [-0.05, 0) is 18.6 Å². The number of aromatic nitrogens is 1. The van der Waals surface area contributed by atoms with Gasteiger partial charge in [-0.25, -0.2) is 4.98 Å². The molecule has 0 spiro atoms. The number of unbranched alkanes of at least 4 members (excludes halogenated alkanes) is 11. The molecule has 0 bridgehead atoms. The third-order valence-electron chi connectivity index (χ3n) is 6.03. The van der Waals surface area contributed by atoms with Gasteiger partial charge in [-0.15, -0.1) is 11.3 Å². The molecule has 2 heterocycles. The quantitative estimate of drug-likeness (QED) is 0.216. The van der Waals surface area contributed by atoms with Gasteiger partial charge in [-0.3, -0.25) is 4.79 Å². The number of furan rings is 1. The van der Waals surface area contributed by atoms with Gasteiger partial charge < -0.3 is 14.9 Å². The molecule has 0 fully saturated rings. The lowest BCUT2D eigenvalue weighted by Gasteiger charge is -2.15. The number of rotatable bonds is 19. The van der Waals surface area contributed by atoms with Gasteiger partial charge in [0.15, 0.2) is 10.9 Å². The second-order valence-corrected chi connectivity index (χ2v) is 9.74. The minimum atomic E-state index is -0.192. The molecule has 2 N–H and O–H groups in total. The zero-order valence-corrected chi connectivity index (χ0v) is 20.9. The summed E-state index contributed by atoms with van der Waals surface area (Å²) in [5.74, 6) is 0.682. The molecule has 0 saturated carbocycles. The Morgan fingerprint density at radius 2 is 1.69 bits per heavy atom. The predicted octanol–water partition coefficient (Wildman–Crippen LogP) is 7.77. The van der Waals surface area contributed by atoms with E-state index in [1.165, 1.54) is 75.5 Å². The molecule has 0 amide bonds. The van der Waals surface area contributed by atoms with Gasteiger partial charge >= 0.3 is 0 Å². The highest BCUT2D eigenvalue weighted by Crippen LogP contribution is 2.38. The summed E-state index contributed by atoms with van der Waals surface area (Å²) in [5, 5.41) is 0.477. The minimum absolute atomic E-state index is 0.192. The Bertz CT molecular complexity index is 742. The fraction of sp³-hybridized carbons (Fsp3) is 0.692. The van der Waals surface area contributed by atoms with E-state index in [0.29, 0.717) is 29.6 Å². The van der Waals surface area contributed by atoms with Gasteiger partial charge in [0.1, 0.15) is 11.5 Å². The first-order chi connectivity index (χ1) is 15.7. The Labute approximate surface area is 198 Å². The highest BCUT2D eigenvalue weighted by Gasteiger charge is 2.27. The smallest absolute Gasteiger partial charge is 0.180 e. The van der Waals surface area contributed by atoms with E-state index in [9.17, 15) is 4.79 Å². The minimum Gasteiger partial charge on any atom is -0.463 e. The molecular weight excluding hydrogens is 420 g/mol. The maximum atomic E-state index is 13.0. The highest BCUT2D eigenvalue weighted by atomic mass is 32.1. The molecule has 2 rings (SSSR count). The number of carbonyl (C=O) groups excluding carboxylic acids is 1. The van der Waals surface area contributed by atoms with E-state index >= 15 is 0 Å². The van der Waals surface area contributed by atoms with Crippen molar-refractivity contribution in [3.8, 4) is 11.5 Å². The summed E-state index contributed by atoms with van der Waals surface area (Å²) in [6, 6.07) is 3.71. The van der Waals surface area contributed by atoms with Gasteiger partial charge in [-0.1, -0.05) is 84.0 Å². The van der Waals surface area contributed by atoms with Crippen molar-refractivity contribution in [1.82, 2.24) is 4.98 Å². The number of anilines is 1. The van der Waals surface area contributed by atoms with Crippen molar-refractivity contribution >= 4 is 22.3 Å². The SMILES string of the molecule is CCCCCCCCCCCCCCC(C(=O)CCOC)c1sc(N)nc1-c1ccco1. The van der Waals surface area contributed by atoms with Crippen LogP contribution in [-0.4, -0.2) is 24.5 Å². The molecule has 5 nitrogen and oxygen atoms in total. The molecule has 0 radical (unpaired) electrons. The Morgan fingerprint density at radius 3 is 2.25 bits per heavy atom. The van der Waals surface area contributed by atoms with Gasteiger partial charge in [-0.2, -0.15) is 0 Å². The van der Waals surface area contributed by atoms with Crippen LogP contribution >= 0.6 is 11.3 Å². The first kappa shape index (κ1) is 26.6. The Hall–Kier alpha value is -1.66. The maximum absolute atomic E-state index is 13.0. The van der Waals surface area contributed by atoms with E-state index in [-0.39, 0.29) is 11.7 Å². The summed E-state index contributed by atoms with van der Waals surface area (Å²) in [6.07, 6.45) is 18.6. The summed E-state index contributed by atoms with van der Waals surface area (Å²) in [6.45, 7) is 2.71. The number of ketones is 1. The van der Waals surface area contributed by atoms with Crippen LogP contribution in [0.1, 0.15) is 108 Å². The third kappa shape index (κ3) is 9.45. The van der Waals surface area contributed by atoms with Crippen LogP contribution in [-0.2, 0) is 9.53 Å². The zero-order chi connectivity index (χ0) is 23.0. The first-order valence-corrected chi connectivity index (χ1v) is 13.3. The number of thiazole rings is 1. The van der Waals surface area contributed by atoms with Crippen molar-refractivity contribution in [3.05, 3.63) is 23.3 Å².